The fraction of sp³-hybridized carbons (Fsp3) is 0. The van der Waals surface area contributed by atoms with Gasteiger partial charge in [0.15, 0.2) is 0 Å². The van der Waals surface area contributed by atoms with Gasteiger partial charge in [-0.3, -0.25) is 0 Å². The summed E-state index contributed by atoms with van der Waals surface area (Å²) in [7, 11) is 0. The van der Waals surface area contributed by atoms with Gasteiger partial charge in [-0.1, -0.05) is 97.1 Å². The maximum atomic E-state index is 6.18. The van der Waals surface area contributed by atoms with Crippen molar-refractivity contribution in [3.8, 4) is 11.1 Å². The second kappa shape index (κ2) is 9.14. The van der Waals surface area contributed by atoms with E-state index in [1.54, 1.807) is 0 Å². The molecule has 0 unspecified atom stereocenters. The van der Waals surface area contributed by atoms with Crippen molar-refractivity contribution in [1.82, 2.24) is 0 Å². The Hall–Kier alpha value is -5.34. The summed E-state index contributed by atoms with van der Waals surface area (Å²) in [5, 5.41) is 7.15. The first-order chi connectivity index (χ1) is 19.8. The van der Waals surface area contributed by atoms with Crippen molar-refractivity contribution in [3.05, 3.63) is 152 Å². The highest BCUT2D eigenvalue weighted by Gasteiger charge is 2.15. The van der Waals surface area contributed by atoms with E-state index in [4.69, 9.17) is 4.42 Å². The minimum absolute atomic E-state index is 0.923. The molecule has 8 aromatic rings. The van der Waals surface area contributed by atoms with E-state index >= 15 is 0 Å². The molecule has 0 saturated heterocycles. The molecular formula is C38H25NO. The molecular weight excluding hydrogens is 486 g/mol. The number of rotatable bonds is 4. The quantitative estimate of drug-likeness (QED) is 0.218. The lowest BCUT2D eigenvalue weighted by atomic mass is 9.98. The zero-order chi connectivity index (χ0) is 26.5. The molecule has 0 aliphatic rings. The van der Waals surface area contributed by atoms with E-state index in [0.717, 1.165) is 39.0 Å². The van der Waals surface area contributed by atoms with Crippen LogP contribution in [0.2, 0.25) is 0 Å². The van der Waals surface area contributed by atoms with Gasteiger partial charge in [0.1, 0.15) is 11.2 Å². The maximum absolute atomic E-state index is 6.18. The van der Waals surface area contributed by atoms with E-state index in [9.17, 15) is 0 Å². The standard InChI is InChI=1S/C38H25NO/c1-3-9-26(10-4-1)27-17-20-31(21-18-27)39(30-11-5-2-6-12-30)32-22-19-28-15-16-29-23-38-36(25-35(29)34(28)24-32)33-13-7-8-14-37(33)40-38/h1-25H. The van der Waals surface area contributed by atoms with Crippen molar-refractivity contribution in [2.24, 2.45) is 0 Å². The molecule has 1 aromatic heterocycles. The van der Waals surface area contributed by atoms with Crippen molar-refractivity contribution in [3.63, 3.8) is 0 Å². The zero-order valence-corrected chi connectivity index (χ0v) is 21.8. The smallest absolute Gasteiger partial charge is 0.136 e. The van der Waals surface area contributed by atoms with Crippen molar-refractivity contribution in [2.75, 3.05) is 4.90 Å². The van der Waals surface area contributed by atoms with Crippen LogP contribution in [0, 0.1) is 0 Å². The molecule has 0 atom stereocenters. The second-order valence-corrected chi connectivity index (χ2v) is 10.2. The van der Waals surface area contributed by atoms with Crippen LogP contribution in [-0.4, -0.2) is 0 Å². The van der Waals surface area contributed by atoms with Gasteiger partial charge in [0, 0.05) is 27.8 Å². The van der Waals surface area contributed by atoms with Gasteiger partial charge in [0.05, 0.1) is 0 Å². The summed E-state index contributed by atoms with van der Waals surface area (Å²) in [6.45, 7) is 0. The molecule has 0 N–H and O–H groups in total. The van der Waals surface area contributed by atoms with Crippen LogP contribution < -0.4 is 4.90 Å². The maximum Gasteiger partial charge on any atom is 0.136 e. The lowest BCUT2D eigenvalue weighted by Gasteiger charge is -2.26. The Morgan fingerprint density at radius 2 is 0.950 bits per heavy atom. The monoisotopic (exact) mass is 511 g/mol. The van der Waals surface area contributed by atoms with Gasteiger partial charge in [0.25, 0.3) is 0 Å². The topological polar surface area (TPSA) is 16.4 Å². The van der Waals surface area contributed by atoms with E-state index in [-0.39, 0.29) is 0 Å². The van der Waals surface area contributed by atoms with Gasteiger partial charge in [-0.2, -0.15) is 0 Å². The first kappa shape index (κ1) is 22.6. The number of anilines is 3. The van der Waals surface area contributed by atoms with Crippen molar-refractivity contribution >= 4 is 60.5 Å². The van der Waals surface area contributed by atoms with Gasteiger partial charge in [-0.25, -0.2) is 0 Å². The molecule has 0 spiro atoms. The fourth-order valence-corrected chi connectivity index (χ4v) is 5.86. The van der Waals surface area contributed by atoms with Crippen LogP contribution in [0.4, 0.5) is 17.1 Å². The average molecular weight is 512 g/mol. The third-order valence-electron chi connectivity index (χ3n) is 7.82. The SMILES string of the molecule is c1ccc(-c2ccc(N(c3ccccc3)c3ccc4ccc5cc6oc7ccccc7c6cc5c4c3)cc2)cc1. The number of hydrogen-bond acceptors (Lipinski definition) is 2. The van der Waals surface area contributed by atoms with Crippen LogP contribution in [0.25, 0.3) is 54.6 Å². The van der Waals surface area contributed by atoms with E-state index in [1.165, 1.54) is 32.7 Å². The summed E-state index contributed by atoms with van der Waals surface area (Å²) in [4.78, 5) is 2.33. The van der Waals surface area contributed by atoms with Crippen LogP contribution >= 0.6 is 0 Å². The Kier molecular flexibility index (Phi) is 5.17. The molecule has 0 saturated carbocycles. The van der Waals surface area contributed by atoms with Crippen molar-refractivity contribution in [2.45, 2.75) is 0 Å². The first-order valence-corrected chi connectivity index (χ1v) is 13.6. The normalized spacial score (nSPS) is 11.5. The van der Waals surface area contributed by atoms with Gasteiger partial charge in [0.2, 0.25) is 0 Å². The van der Waals surface area contributed by atoms with Crippen LogP contribution in [0.3, 0.4) is 0 Å². The summed E-state index contributed by atoms with van der Waals surface area (Å²) >= 11 is 0. The average Bonchev–Trinajstić information content (AvgIpc) is 3.39. The summed E-state index contributed by atoms with van der Waals surface area (Å²) in [6.07, 6.45) is 0. The second-order valence-electron chi connectivity index (χ2n) is 10.2. The highest BCUT2D eigenvalue weighted by Crippen LogP contribution is 2.40. The predicted molar refractivity (Wildman–Crippen MR) is 169 cm³/mol. The summed E-state index contributed by atoms with van der Waals surface area (Å²) < 4.78 is 6.18. The Labute approximate surface area is 232 Å². The van der Waals surface area contributed by atoms with Gasteiger partial charge in [-0.15, -0.1) is 0 Å². The molecule has 0 radical (unpaired) electrons. The molecule has 0 aliphatic carbocycles. The third kappa shape index (κ3) is 3.73. The number of benzene rings is 7. The zero-order valence-electron chi connectivity index (χ0n) is 21.8. The van der Waals surface area contributed by atoms with Crippen LogP contribution in [0.15, 0.2) is 156 Å². The minimum Gasteiger partial charge on any atom is -0.456 e. The lowest BCUT2D eigenvalue weighted by Crippen LogP contribution is -2.09. The Morgan fingerprint density at radius 1 is 0.350 bits per heavy atom. The molecule has 0 fully saturated rings. The first-order valence-electron chi connectivity index (χ1n) is 13.6. The summed E-state index contributed by atoms with van der Waals surface area (Å²) in [5.41, 5.74) is 7.64. The van der Waals surface area contributed by atoms with Crippen molar-refractivity contribution in [1.29, 1.82) is 0 Å². The molecule has 8 rings (SSSR count). The molecule has 40 heavy (non-hydrogen) atoms. The van der Waals surface area contributed by atoms with E-state index in [1.807, 2.05) is 12.1 Å². The number of para-hydroxylation sites is 2. The van der Waals surface area contributed by atoms with E-state index < -0.39 is 0 Å². The summed E-state index contributed by atoms with van der Waals surface area (Å²) in [5.74, 6) is 0. The van der Waals surface area contributed by atoms with E-state index in [0.29, 0.717) is 0 Å². The molecule has 0 bridgehead atoms. The van der Waals surface area contributed by atoms with Crippen LogP contribution in [0.5, 0.6) is 0 Å². The van der Waals surface area contributed by atoms with Crippen molar-refractivity contribution < 1.29 is 4.42 Å². The largest absolute Gasteiger partial charge is 0.456 e. The number of nitrogens with zero attached hydrogens (tertiary/aromatic N) is 1. The molecule has 7 aromatic carbocycles. The number of hydrogen-bond donors (Lipinski definition) is 0. The molecule has 1 heterocycles. The Bertz CT molecular complexity index is 2140. The van der Waals surface area contributed by atoms with Gasteiger partial charge in [-0.05, 0) is 87.3 Å². The number of fused-ring (bicyclic) bond motifs is 6. The van der Waals surface area contributed by atoms with Gasteiger partial charge >= 0.3 is 0 Å². The van der Waals surface area contributed by atoms with Gasteiger partial charge < -0.3 is 9.32 Å². The Balaban J connectivity index is 1.32. The fourth-order valence-electron chi connectivity index (χ4n) is 5.86. The van der Waals surface area contributed by atoms with Crippen LogP contribution in [0.1, 0.15) is 0 Å². The predicted octanol–water partition coefficient (Wildman–Crippen LogP) is 11.0. The lowest BCUT2D eigenvalue weighted by molar-refractivity contribution is 0.669. The van der Waals surface area contributed by atoms with E-state index in [2.05, 4.69) is 144 Å². The third-order valence-corrected chi connectivity index (χ3v) is 7.82. The number of furan rings is 1. The molecule has 2 nitrogen and oxygen atoms in total. The molecule has 0 aliphatic heterocycles. The Morgan fingerprint density at radius 3 is 1.77 bits per heavy atom. The molecule has 2 heteroatoms. The summed E-state index contributed by atoms with van der Waals surface area (Å²) in [6, 6.07) is 53.9. The molecule has 188 valence electrons. The van der Waals surface area contributed by atoms with Crippen LogP contribution in [-0.2, 0) is 0 Å². The highest BCUT2D eigenvalue weighted by molar-refractivity contribution is 6.16. The molecule has 0 amide bonds. The highest BCUT2D eigenvalue weighted by atomic mass is 16.3. The minimum atomic E-state index is 0.923.